The van der Waals surface area contributed by atoms with Crippen LogP contribution in [0.2, 0.25) is 0 Å². The SMILES string of the molecule is CCc1ccccc1NC(=O)CCN(Cc1cccnc1)S(C)(=O)=O. The van der Waals surface area contributed by atoms with Crippen LogP contribution in [-0.4, -0.2) is 36.4 Å². The van der Waals surface area contributed by atoms with Gasteiger partial charge < -0.3 is 5.32 Å². The molecule has 0 aliphatic carbocycles. The van der Waals surface area contributed by atoms with E-state index in [4.69, 9.17) is 0 Å². The second-order valence-electron chi connectivity index (χ2n) is 5.77. The lowest BCUT2D eigenvalue weighted by Crippen LogP contribution is -2.32. The Bertz CT molecular complexity index is 807. The second kappa shape index (κ2) is 8.73. The Morgan fingerprint density at radius 1 is 1.20 bits per heavy atom. The van der Waals surface area contributed by atoms with E-state index in [1.807, 2.05) is 37.3 Å². The van der Waals surface area contributed by atoms with Gasteiger partial charge in [0.05, 0.1) is 6.26 Å². The van der Waals surface area contributed by atoms with Gasteiger partial charge in [0.15, 0.2) is 0 Å². The molecule has 7 heteroatoms. The number of para-hydroxylation sites is 1. The van der Waals surface area contributed by atoms with Gasteiger partial charge in [-0.2, -0.15) is 4.31 Å². The van der Waals surface area contributed by atoms with Gasteiger partial charge in [0.25, 0.3) is 0 Å². The minimum absolute atomic E-state index is 0.0887. The molecule has 6 nitrogen and oxygen atoms in total. The maximum atomic E-state index is 12.2. The minimum atomic E-state index is -3.42. The van der Waals surface area contributed by atoms with Gasteiger partial charge in [-0.1, -0.05) is 31.2 Å². The van der Waals surface area contributed by atoms with Crippen LogP contribution in [-0.2, 0) is 27.8 Å². The van der Waals surface area contributed by atoms with E-state index in [2.05, 4.69) is 10.3 Å². The lowest BCUT2D eigenvalue weighted by atomic mass is 10.1. The van der Waals surface area contributed by atoms with Crippen LogP contribution in [0.15, 0.2) is 48.8 Å². The number of nitrogens with one attached hydrogen (secondary N) is 1. The van der Waals surface area contributed by atoms with Gasteiger partial charge in [-0.25, -0.2) is 8.42 Å². The first kappa shape index (κ1) is 19.1. The van der Waals surface area contributed by atoms with E-state index in [-0.39, 0.29) is 25.4 Å². The molecule has 0 saturated carbocycles. The van der Waals surface area contributed by atoms with Crippen LogP contribution in [0.1, 0.15) is 24.5 Å². The number of amides is 1. The van der Waals surface area contributed by atoms with Crippen molar-refractivity contribution in [3.05, 3.63) is 59.9 Å². The first-order chi connectivity index (χ1) is 11.9. The predicted molar refractivity (Wildman–Crippen MR) is 98.6 cm³/mol. The van der Waals surface area contributed by atoms with Gasteiger partial charge in [0.2, 0.25) is 15.9 Å². The Hall–Kier alpha value is -2.25. The molecule has 1 N–H and O–H groups in total. The molecule has 0 radical (unpaired) electrons. The highest BCUT2D eigenvalue weighted by molar-refractivity contribution is 7.88. The normalized spacial score (nSPS) is 11.5. The van der Waals surface area contributed by atoms with E-state index in [0.29, 0.717) is 0 Å². The molecule has 1 heterocycles. The van der Waals surface area contributed by atoms with Crippen LogP contribution < -0.4 is 5.32 Å². The number of aromatic nitrogens is 1. The van der Waals surface area contributed by atoms with Crippen LogP contribution in [0.25, 0.3) is 0 Å². The number of sulfonamides is 1. The molecule has 0 spiro atoms. The van der Waals surface area contributed by atoms with Crippen molar-refractivity contribution in [3.8, 4) is 0 Å². The Morgan fingerprint density at radius 2 is 1.96 bits per heavy atom. The third-order valence-electron chi connectivity index (χ3n) is 3.81. The lowest BCUT2D eigenvalue weighted by Gasteiger charge is -2.19. The van der Waals surface area contributed by atoms with Crippen molar-refractivity contribution in [2.75, 3.05) is 18.1 Å². The van der Waals surface area contributed by atoms with Gasteiger partial charge in [-0.15, -0.1) is 0 Å². The quantitative estimate of drug-likeness (QED) is 0.783. The van der Waals surface area contributed by atoms with Crippen molar-refractivity contribution < 1.29 is 13.2 Å². The summed E-state index contributed by atoms with van der Waals surface area (Å²) in [5.41, 5.74) is 2.60. The minimum Gasteiger partial charge on any atom is -0.326 e. The molecule has 0 aliphatic heterocycles. The van der Waals surface area contributed by atoms with E-state index >= 15 is 0 Å². The molecule has 0 unspecified atom stereocenters. The first-order valence-corrected chi connectivity index (χ1v) is 9.96. The molecule has 0 saturated heterocycles. The molecule has 1 aromatic carbocycles. The van der Waals surface area contributed by atoms with Crippen LogP contribution in [0.3, 0.4) is 0 Å². The van der Waals surface area contributed by atoms with Gasteiger partial charge in [0, 0.05) is 37.6 Å². The third-order valence-corrected chi connectivity index (χ3v) is 5.06. The Labute approximate surface area is 148 Å². The summed E-state index contributed by atoms with van der Waals surface area (Å²) in [6.07, 6.45) is 5.30. The average Bonchev–Trinajstić information content (AvgIpc) is 2.59. The van der Waals surface area contributed by atoms with Crippen molar-refractivity contribution in [1.29, 1.82) is 0 Å². The third kappa shape index (κ3) is 5.95. The zero-order valence-corrected chi connectivity index (χ0v) is 15.3. The van der Waals surface area contributed by atoms with Crippen LogP contribution in [0, 0.1) is 0 Å². The number of rotatable bonds is 8. The van der Waals surface area contributed by atoms with E-state index in [0.717, 1.165) is 29.5 Å². The number of benzene rings is 1. The smallest absolute Gasteiger partial charge is 0.225 e. The molecule has 134 valence electrons. The molecular weight excluding hydrogens is 338 g/mol. The highest BCUT2D eigenvalue weighted by Crippen LogP contribution is 2.16. The van der Waals surface area contributed by atoms with Crippen molar-refractivity contribution in [1.82, 2.24) is 9.29 Å². The van der Waals surface area contributed by atoms with Crippen LogP contribution in [0.5, 0.6) is 0 Å². The van der Waals surface area contributed by atoms with Crippen molar-refractivity contribution in [2.24, 2.45) is 0 Å². The van der Waals surface area contributed by atoms with E-state index in [1.54, 1.807) is 18.5 Å². The van der Waals surface area contributed by atoms with Crippen LogP contribution in [0.4, 0.5) is 5.69 Å². The molecule has 25 heavy (non-hydrogen) atoms. The number of anilines is 1. The van der Waals surface area contributed by atoms with Gasteiger partial charge >= 0.3 is 0 Å². The van der Waals surface area contributed by atoms with E-state index < -0.39 is 10.0 Å². The monoisotopic (exact) mass is 361 g/mol. The van der Waals surface area contributed by atoms with Gasteiger partial charge in [0.1, 0.15) is 0 Å². The summed E-state index contributed by atoms with van der Waals surface area (Å²) in [4.78, 5) is 16.2. The molecule has 1 amide bonds. The number of carbonyl (C=O) groups excluding carboxylic acids is 1. The summed E-state index contributed by atoms with van der Waals surface area (Å²) in [6.45, 7) is 2.34. The molecule has 2 rings (SSSR count). The van der Waals surface area contributed by atoms with E-state index in [9.17, 15) is 13.2 Å². The summed E-state index contributed by atoms with van der Waals surface area (Å²) in [7, 11) is -3.42. The predicted octanol–water partition coefficient (Wildman–Crippen LogP) is 2.43. The number of carbonyl (C=O) groups is 1. The number of nitrogens with zero attached hydrogens (tertiary/aromatic N) is 2. The Kier molecular flexibility index (Phi) is 6.66. The number of aryl methyl sites for hydroxylation is 1. The molecule has 0 fully saturated rings. The van der Waals surface area contributed by atoms with Crippen molar-refractivity contribution in [3.63, 3.8) is 0 Å². The summed E-state index contributed by atoms with van der Waals surface area (Å²) in [5.74, 6) is -0.208. The van der Waals surface area contributed by atoms with Crippen molar-refractivity contribution >= 4 is 21.6 Å². The molecule has 1 aromatic heterocycles. The maximum Gasteiger partial charge on any atom is 0.225 e. The standard InChI is InChI=1S/C18H23N3O3S/c1-3-16-8-4-5-9-17(16)20-18(22)10-12-21(25(2,23)24)14-15-7-6-11-19-13-15/h4-9,11,13H,3,10,12,14H2,1-2H3,(H,20,22). The fourth-order valence-electron chi connectivity index (χ4n) is 2.45. The van der Waals surface area contributed by atoms with Gasteiger partial charge in [-0.05, 0) is 29.7 Å². The average molecular weight is 361 g/mol. The molecular formula is C18H23N3O3S. The lowest BCUT2D eigenvalue weighted by molar-refractivity contribution is -0.116. The summed E-state index contributed by atoms with van der Waals surface area (Å²) in [6, 6.07) is 11.2. The van der Waals surface area contributed by atoms with Crippen molar-refractivity contribution in [2.45, 2.75) is 26.3 Å². The highest BCUT2D eigenvalue weighted by atomic mass is 32.2. The van der Waals surface area contributed by atoms with E-state index in [1.165, 1.54) is 4.31 Å². The Morgan fingerprint density at radius 3 is 2.60 bits per heavy atom. The summed E-state index contributed by atoms with van der Waals surface area (Å²) >= 11 is 0. The molecule has 0 bridgehead atoms. The number of pyridine rings is 1. The molecule has 0 atom stereocenters. The second-order valence-corrected chi connectivity index (χ2v) is 7.75. The molecule has 2 aromatic rings. The fourth-order valence-corrected chi connectivity index (χ4v) is 3.25. The molecule has 0 aliphatic rings. The highest BCUT2D eigenvalue weighted by Gasteiger charge is 2.18. The zero-order chi connectivity index (χ0) is 18.3. The summed E-state index contributed by atoms with van der Waals surface area (Å²) in [5, 5.41) is 2.86. The number of hydrogen-bond acceptors (Lipinski definition) is 4. The maximum absolute atomic E-state index is 12.2. The fraction of sp³-hybridized carbons (Fsp3) is 0.333. The van der Waals surface area contributed by atoms with Gasteiger partial charge in [-0.3, -0.25) is 9.78 Å². The largest absolute Gasteiger partial charge is 0.326 e. The number of hydrogen-bond donors (Lipinski definition) is 1. The first-order valence-electron chi connectivity index (χ1n) is 8.12. The Balaban J connectivity index is 1.99. The summed E-state index contributed by atoms with van der Waals surface area (Å²) < 4.78 is 25.2. The van der Waals surface area contributed by atoms with Crippen LogP contribution >= 0.6 is 0 Å². The zero-order valence-electron chi connectivity index (χ0n) is 14.5. The topological polar surface area (TPSA) is 79.4 Å².